The summed E-state index contributed by atoms with van der Waals surface area (Å²) in [5.41, 5.74) is 0.878. The third-order valence-electron chi connectivity index (χ3n) is 3.54. The van der Waals surface area contributed by atoms with Crippen molar-refractivity contribution in [3.8, 4) is 11.6 Å². The van der Waals surface area contributed by atoms with Gasteiger partial charge in [0.1, 0.15) is 11.8 Å². The molecule has 1 aliphatic heterocycles. The Morgan fingerprint density at radius 3 is 2.87 bits per heavy atom. The first-order chi connectivity index (χ1) is 11.2. The van der Waals surface area contributed by atoms with E-state index in [2.05, 4.69) is 15.6 Å². The molecule has 23 heavy (non-hydrogen) atoms. The Morgan fingerprint density at radius 1 is 1.30 bits per heavy atom. The average Bonchev–Trinajstić information content (AvgIpc) is 3.01. The van der Waals surface area contributed by atoms with Crippen LogP contribution in [0.25, 0.3) is 0 Å². The van der Waals surface area contributed by atoms with Gasteiger partial charge in [-0.1, -0.05) is 18.2 Å². The number of carbonyl (C=O) groups is 2. The molecule has 0 aliphatic carbocycles. The van der Waals surface area contributed by atoms with Crippen LogP contribution in [0.15, 0.2) is 48.7 Å². The quantitative estimate of drug-likeness (QED) is 0.882. The van der Waals surface area contributed by atoms with E-state index in [1.165, 1.54) is 0 Å². The Balaban J connectivity index is 1.57. The zero-order valence-electron chi connectivity index (χ0n) is 12.5. The summed E-state index contributed by atoms with van der Waals surface area (Å²) >= 11 is 0. The van der Waals surface area contributed by atoms with E-state index in [1.807, 2.05) is 36.4 Å². The van der Waals surface area contributed by atoms with Gasteiger partial charge in [-0.25, -0.2) is 4.98 Å². The first-order valence-electron chi connectivity index (χ1n) is 7.45. The molecule has 3 rings (SSSR count). The number of carbonyl (C=O) groups excluding carboxylic acids is 2. The van der Waals surface area contributed by atoms with Crippen molar-refractivity contribution in [1.82, 2.24) is 15.6 Å². The molecule has 1 fully saturated rings. The second kappa shape index (κ2) is 6.91. The number of benzene rings is 1. The standard InChI is InChI=1S/C17H17N3O3/c21-15-7-6-14(20-15)17(22)19-11-12-8-9-18-16(10-12)23-13-4-2-1-3-5-13/h1-5,8-10,14H,6-7,11H2,(H,19,22)(H,20,21)/t14-/m1/s1. The number of aromatic nitrogens is 1. The molecule has 1 saturated heterocycles. The van der Waals surface area contributed by atoms with Crippen LogP contribution in [-0.4, -0.2) is 22.8 Å². The number of pyridine rings is 1. The van der Waals surface area contributed by atoms with Gasteiger partial charge in [-0.2, -0.15) is 0 Å². The first-order valence-corrected chi connectivity index (χ1v) is 7.45. The molecule has 1 aromatic heterocycles. The van der Waals surface area contributed by atoms with Crippen LogP contribution < -0.4 is 15.4 Å². The Labute approximate surface area is 133 Å². The molecular formula is C17H17N3O3. The van der Waals surface area contributed by atoms with Crippen LogP contribution >= 0.6 is 0 Å². The molecule has 2 heterocycles. The van der Waals surface area contributed by atoms with Gasteiger partial charge in [-0.3, -0.25) is 9.59 Å². The lowest BCUT2D eigenvalue weighted by atomic mass is 10.2. The van der Waals surface area contributed by atoms with Gasteiger partial charge in [-0.05, 0) is 30.2 Å². The highest BCUT2D eigenvalue weighted by atomic mass is 16.5. The molecule has 0 saturated carbocycles. The average molecular weight is 311 g/mol. The van der Waals surface area contributed by atoms with Crippen molar-refractivity contribution < 1.29 is 14.3 Å². The smallest absolute Gasteiger partial charge is 0.242 e. The van der Waals surface area contributed by atoms with E-state index in [0.717, 1.165) is 5.56 Å². The van der Waals surface area contributed by atoms with E-state index < -0.39 is 6.04 Å². The number of amides is 2. The Morgan fingerprint density at radius 2 is 2.13 bits per heavy atom. The van der Waals surface area contributed by atoms with Crippen LogP contribution in [0.1, 0.15) is 18.4 Å². The molecule has 1 atom stereocenters. The van der Waals surface area contributed by atoms with Gasteiger partial charge in [-0.15, -0.1) is 0 Å². The fourth-order valence-electron chi connectivity index (χ4n) is 2.35. The third-order valence-corrected chi connectivity index (χ3v) is 3.54. The van der Waals surface area contributed by atoms with Crippen LogP contribution in [0.3, 0.4) is 0 Å². The Bertz CT molecular complexity index is 703. The minimum absolute atomic E-state index is 0.0763. The minimum Gasteiger partial charge on any atom is -0.439 e. The van der Waals surface area contributed by atoms with Crippen molar-refractivity contribution in [3.63, 3.8) is 0 Å². The molecule has 0 radical (unpaired) electrons. The van der Waals surface area contributed by atoms with Crippen molar-refractivity contribution >= 4 is 11.8 Å². The van der Waals surface area contributed by atoms with Crippen molar-refractivity contribution in [2.45, 2.75) is 25.4 Å². The summed E-state index contributed by atoms with van der Waals surface area (Å²) in [7, 11) is 0. The number of hydrogen-bond donors (Lipinski definition) is 2. The highest BCUT2D eigenvalue weighted by Gasteiger charge is 2.26. The van der Waals surface area contributed by atoms with Crippen LogP contribution in [-0.2, 0) is 16.1 Å². The molecule has 2 aromatic rings. The number of nitrogens with one attached hydrogen (secondary N) is 2. The summed E-state index contributed by atoms with van der Waals surface area (Å²) in [4.78, 5) is 27.3. The van der Waals surface area contributed by atoms with Gasteiger partial charge in [0.15, 0.2) is 0 Å². The maximum absolute atomic E-state index is 12.0. The topological polar surface area (TPSA) is 80.3 Å². The second-order valence-electron chi connectivity index (χ2n) is 5.29. The highest BCUT2D eigenvalue weighted by Crippen LogP contribution is 2.19. The molecule has 2 N–H and O–H groups in total. The summed E-state index contributed by atoms with van der Waals surface area (Å²) in [6.45, 7) is 0.360. The fraction of sp³-hybridized carbons (Fsp3) is 0.235. The minimum atomic E-state index is -0.427. The van der Waals surface area contributed by atoms with Crippen LogP contribution in [0.5, 0.6) is 11.6 Å². The molecule has 118 valence electrons. The van der Waals surface area contributed by atoms with E-state index in [1.54, 1.807) is 12.3 Å². The maximum Gasteiger partial charge on any atom is 0.242 e. The number of hydrogen-bond acceptors (Lipinski definition) is 4. The zero-order chi connectivity index (χ0) is 16.1. The highest BCUT2D eigenvalue weighted by molar-refractivity contribution is 5.90. The molecular weight excluding hydrogens is 294 g/mol. The summed E-state index contributed by atoms with van der Waals surface area (Å²) < 4.78 is 5.66. The normalized spacial score (nSPS) is 16.7. The van der Waals surface area contributed by atoms with E-state index in [0.29, 0.717) is 31.0 Å². The van der Waals surface area contributed by atoms with Crippen LogP contribution in [0.2, 0.25) is 0 Å². The first kappa shape index (κ1) is 15.0. The Kier molecular flexibility index (Phi) is 4.52. The number of nitrogens with zero attached hydrogens (tertiary/aromatic N) is 1. The predicted molar refractivity (Wildman–Crippen MR) is 83.8 cm³/mol. The van der Waals surface area contributed by atoms with Gasteiger partial charge in [0.25, 0.3) is 0 Å². The van der Waals surface area contributed by atoms with Crippen molar-refractivity contribution in [2.75, 3.05) is 0 Å². The third kappa shape index (κ3) is 4.06. The Hall–Kier alpha value is -2.89. The SMILES string of the molecule is O=C1CC[C@H](C(=O)NCc2ccnc(Oc3ccccc3)c2)N1. The number of rotatable bonds is 5. The predicted octanol–water partition coefficient (Wildman–Crippen LogP) is 1.77. The summed E-state index contributed by atoms with van der Waals surface area (Å²) in [5.74, 6) is 0.928. The number of para-hydroxylation sites is 1. The fourth-order valence-corrected chi connectivity index (χ4v) is 2.35. The van der Waals surface area contributed by atoms with E-state index in [-0.39, 0.29) is 11.8 Å². The lowest BCUT2D eigenvalue weighted by molar-refractivity contribution is -0.125. The lowest BCUT2D eigenvalue weighted by Gasteiger charge is -2.11. The molecule has 1 aliphatic rings. The molecule has 6 nitrogen and oxygen atoms in total. The van der Waals surface area contributed by atoms with Gasteiger partial charge in [0, 0.05) is 25.2 Å². The molecule has 6 heteroatoms. The molecule has 2 amide bonds. The maximum atomic E-state index is 12.0. The number of ether oxygens (including phenoxy) is 1. The van der Waals surface area contributed by atoms with Crippen molar-refractivity contribution in [1.29, 1.82) is 0 Å². The summed E-state index contributed by atoms with van der Waals surface area (Å²) in [6.07, 6.45) is 2.59. The molecule has 0 spiro atoms. The van der Waals surface area contributed by atoms with Crippen molar-refractivity contribution in [3.05, 3.63) is 54.2 Å². The van der Waals surface area contributed by atoms with Crippen LogP contribution in [0.4, 0.5) is 0 Å². The molecule has 0 bridgehead atoms. The van der Waals surface area contributed by atoms with Gasteiger partial charge in [0.05, 0.1) is 0 Å². The summed E-state index contributed by atoms with van der Waals surface area (Å²) in [6, 6.07) is 12.5. The molecule has 1 aromatic carbocycles. The van der Waals surface area contributed by atoms with Crippen LogP contribution in [0, 0.1) is 0 Å². The van der Waals surface area contributed by atoms with E-state index >= 15 is 0 Å². The monoisotopic (exact) mass is 311 g/mol. The second-order valence-corrected chi connectivity index (χ2v) is 5.29. The van der Waals surface area contributed by atoms with Gasteiger partial charge >= 0.3 is 0 Å². The van der Waals surface area contributed by atoms with Gasteiger partial charge in [0.2, 0.25) is 17.7 Å². The van der Waals surface area contributed by atoms with E-state index in [4.69, 9.17) is 4.74 Å². The zero-order valence-corrected chi connectivity index (χ0v) is 12.5. The molecule has 0 unspecified atom stereocenters. The summed E-state index contributed by atoms with van der Waals surface area (Å²) in [5, 5.41) is 5.46. The lowest BCUT2D eigenvalue weighted by Crippen LogP contribution is -2.41. The van der Waals surface area contributed by atoms with Gasteiger partial charge < -0.3 is 15.4 Å². The van der Waals surface area contributed by atoms with Crippen molar-refractivity contribution in [2.24, 2.45) is 0 Å². The largest absolute Gasteiger partial charge is 0.439 e. The van der Waals surface area contributed by atoms with E-state index in [9.17, 15) is 9.59 Å².